The molecule has 1 heterocycles. The van der Waals surface area contributed by atoms with Crippen LogP contribution >= 0.6 is 0 Å². The van der Waals surface area contributed by atoms with E-state index in [4.69, 9.17) is 0 Å². The van der Waals surface area contributed by atoms with Crippen LogP contribution < -0.4 is 0 Å². The van der Waals surface area contributed by atoms with E-state index in [2.05, 4.69) is 6.07 Å². The summed E-state index contributed by atoms with van der Waals surface area (Å²) in [6.45, 7) is 3.54. The first-order valence-electron chi connectivity index (χ1n) is 10.3. The number of benzene rings is 1. The Morgan fingerprint density at radius 1 is 1.10 bits per heavy atom. The molecule has 2 fully saturated rings. The van der Waals surface area contributed by atoms with Crippen molar-refractivity contribution in [3.63, 3.8) is 0 Å². The highest BCUT2D eigenvalue weighted by Gasteiger charge is 2.41. The lowest BCUT2D eigenvalue weighted by atomic mass is 9.81. The third-order valence-corrected chi connectivity index (χ3v) is 8.33. The lowest BCUT2D eigenvalue weighted by Crippen LogP contribution is -2.58. The zero-order valence-corrected chi connectivity index (χ0v) is 18.1. The van der Waals surface area contributed by atoms with Crippen molar-refractivity contribution in [3.05, 3.63) is 30.3 Å². The molecule has 1 aromatic rings. The monoisotopic (exact) mass is 418 g/mol. The number of piperazine rings is 1. The Hall–Kier alpha value is -1.95. The Morgan fingerprint density at radius 2 is 1.69 bits per heavy atom. The fourth-order valence-corrected chi connectivity index (χ4v) is 5.82. The van der Waals surface area contributed by atoms with Crippen LogP contribution in [0.2, 0.25) is 0 Å². The van der Waals surface area contributed by atoms with Gasteiger partial charge in [0.25, 0.3) is 0 Å². The van der Waals surface area contributed by atoms with Crippen molar-refractivity contribution < 1.29 is 13.2 Å². The van der Waals surface area contributed by atoms with Crippen LogP contribution in [0.3, 0.4) is 0 Å². The Balaban J connectivity index is 1.63. The third-order valence-electron chi connectivity index (χ3n) is 6.42. The predicted octanol–water partition coefficient (Wildman–Crippen LogP) is 2.07. The maximum absolute atomic E-state index is 13.1. The van der Waals surface area contributed by atoms with E-state index in [9.17, 15) is 18.5 Å². The maximum atomic E-state index is 13.1. The topological polar surface area (TPSA) is 84.7 Å². The molecule has 0 N–H and O–H groups in total. The molecular weight excluding hydrogens is 388 g/mol. The van der Waals surface area contributed by atoms with Crippen molar-refractivity contribution in [2.24, 2.45) is 0 Å². The molecular formula is C21H30N4O3S. The quantitative estimate of drug-likeness (QED) is 0.731. The molecule has 0 spiro atoms. The van der Waals surface area contributed by atoms with Crippen molar-refractivity contribution in [1.29, 1.82) is 5.26 Å². The van der Waals surface area contributed by atoms with Crippen molar-refractivity contribution in [2.45, 2.75) is 55.5 Å². The summed E-state index contributed by atoms with van der Waals surface area (Å²) >= 11 is 0. The highest BCUT2D eigenvalue weighted by atomic mass is 32.2. The van der Waals surface area contributed by atoms with Crippen LogP contribution in [-0.4, -0.2) is 73.2 Å². The van der Waals surface area contributed by atoms with Gasteiger partial charge in [-0.05, 0) is 31.9 Å². The number of amides is 1. The molecule has 0 radical (unpaired) electrons. The fourth-order valence-electron chi connectivity index (χ4n) is 4.38. The molecule has 1 aromatic carbocycles. The van der Waals surface area contributed by atoms with Gasteiger partial charge in [0, 0.05) is 33.2 Å². The van der Waals surface area contributed by atoms with Gasteiger partial charge < -0.3 is 4.90 Å². The number of sulfonamides is 1. The number of carbonyl (C=O) groups excluding carboxylic acids is 1. The lowest BCUT2D eigenvalue weighted by Gasteiger charge is -2.43. The van der Waals surface area contributed by atoms with E-state index in [-0.39, 0.29) is 11.9 Å². The second-order valence-corrected chi connectivity index (χ2v) is 9.97. The van der Waals surface area contributed by atoms with Gasteiger partial charge in [-0.3, -0.25) is 9.69 Å². The molecule has 2 aliphatic rings. The Labute approximate surface area is 173 Å². The summed E-state index contributed by atoms with van der Waals surface area (Å²) in [4.78, 5) is 17.1. The van der Waals surface area contributed by atoms with Gasteiger partial charge in [-0.1, -0.05) is 37.5 Å². The Kier molecular flexibility index (Phi) is 6.62. The summed E-state index contributed by atoms with van der Waals surface area (Å²) in [7, 11) is -1.77. The van der Waals surface area contributed by atoms with Crippen molar-refractivity contribution in [2.75, 3.05) is 33.2 Å². The Bertz CT molecular complexity index is 852. The van der Waals surface area contributed by atoms with E-state index >= 15 is 0 Å². The first kappa shape index (κ1) is 21.8. The molecule has 1 amide bonds. The first-order chi connectivity index (χ1) is 13.8. The summed E-state index contributed by atoms with van der Waals surface area (Å²) in [6, 6.07) is 10.5. The zero-order chi connectivity index (χ0) is 21.1. The van der Waals surface area contributed by atoms with Gasteiger partial charge in [-0.2, -0.15) is 9.57 Å². The van der Waals surface area contributed by atoms with Crippen LogP contribution in [0.1, 0.15) is 39.0 Å². The molecule has 29 heavy (non-hydrogen) atoms. The number of nitriles is 1. The minimum absolute atomic E-state index is 0.0622. The average Bonchev–Trinajstić information content (AvgIpc) is 2.78. The molecule has 1 saturated carbocycles. The highest BCUT2D eigenvalue weighted by Crippen LogP contribution is 2.33. The van der Waals surface area contributed by atoms with Gasteiger partial charge in [0.2, 0.25) is 15.9 Å². The molecule has 0 aromatic heterocycles. The molecule has 1 aliphatic carbocycles. The van der Waals surface area contributed by atoms with Gasteiger partial charge in [-0.15, -0.1) is 0 Å². The van der Waals surface area contributed by atoms with Crippen LogP contribution in [0, 0.1) is 11.3 Å². The highest BCUT2D eigenvalue weighted by molar-refractivity contribution is 7.89. The van der Waals surface area contributed by atoms with Crippen molar-refractivity contribution in [1.82, 2.24) is 14.1 Å². The van der Waals surface area contributed by atoms with Crippen LogP contribution in [0.15, 0.2) is 35.2 Å². The second-order valence-electron chi connectivity index (χ2n) is 8.03. The van der Waals surface area contributed by atoms with E-state index in [1.54, 1.807) is 42.3 Å². The van der Waals surface area contributed by atoms with E-state index < -0.39 is 15.6 Å². The number of likely N-dealkylation sites (N-methyl/N-ethyl adjacent to an activating group) is 1. The molecule has 1 atom stereocenters. The smallest absolute Gasteiger partial charge is 0.243 e. The number of hydrogen-bond donors (Lipinski definition) is 0. The second kappa shape index (κ2) is 8.82. The lowest BCUT2D eigenvalue weighted by molar-refractivity contribution is -0.140. The normalized spacial score (nSPS) is 21.8. The Morgan fingerprint density at radius 3 is 2.24 bits per heavy atom. The zero-order valence-electron chi connectivity index (χ0n) is 17.2. The van der Waals surface area contributed by atoms with E-state index in [1.165, 1.54) is 4.31 Å². The molecule has 3 rings (SSSR count). The summed E-state index contributed by atoms with van der Waals surface area (Å²) in [5.41, 5.74) is -0.706. The van der Waals surface area contributed by atoms with Gasteiger partial charge in [0.05, 0.1) is 17.0 Å². The molecule has 1 saturated heterocycles. The molecule has 0 unspecified atom stereocenters. The number of nitrogens with zero attached hydrogens (tertiary/aromatic N) is 4. The number of carbonyl (C=O) groups is 1. The first-order valence-corrected chi connectivity index (χ1v) is 11.7. The summed E-state index contributed by atoms with van der Waals surface area (Å²) in [6.07, 6.45) is 4.49. The minimum atomic E-state index is -3.51. The third kappa shape index (κ3) is 4.32. The summed E-state index contributed by atoms with van der Waals surface area (Å²) in [5.74, 6) is -0.0622. The average molecular weight is 419 g/mol. The number of rotatable bonds is 5. The number of hydrogen-bond acceptors (Lipinski definition) is 5. The van der Waals surface area contributed by atoms with Gasteiger partial charge in [0.15, 0.2) is 0 Å². The van der Waals surface area contributed by atoms with Crippen LogP contribution in [0.4, 0.5) is 0 Å². The fraction of sp³-hybridized carbons (Fsp3) is 0.619. The molecule has 1 aliphatic heterocycles. The van der Waals surface area contributed by atoms with E-state index in [0.29, 0.717) is 31.1 Å². The van der Waals surface area contributed by atoms with Crippen LogP contribution in [0.5, 0.6) is 0 Å². The van der Waals surface area contributed by atoms with Crippen LogP contribution in [-0.2, 0) is 14.8 Å². The molecule has 158 valence electrons. The molecule has 7 nitrogen and oxygen atoms in total. The standard InChI is InChI=1S/C21H30N4O3S/c1-18(20(26)23(2)21(17-22)11-7-4-8-12-21)24-13-15-25(16-14-24)29(27,28)19-9-5-3-6-10-19/h3,5-6,9-10,18H,4,7-8,11-16H2,1-2H3/t18-/m1/s1. The van der Waals surface area contributed by atoms with E-state index in [1.807, 2.05) is 11.8 Å². The largest absolute Gasteiger partial charge is 0.326 e. The van der Waals surface area contributed by atoms with Gasteiger partial charge >= 0.3 is 0 Å². The summed E-state index contributed by atoms with van der Waals surface area (Å²) < 4.78 is 27.1. The SMILES string of the molecule is C[C@H](C(=O)N(C)C1(C#N)CCCCC1)N1CCN(S(=O)(=O)c2ccccc2)CC1. The predicted molar refractivity (Wildman–Crippen MR) is 110 cm³/mol. The maximum Gasteiger partial charge on any atom is 0.243 e. The molecule has 8 heteroatoms. The van der Waals surface area contributed by atoms with Crippen molar-refractivity contribution >= 4 is 15.9 Å². The van der Waals surface area contributed by atoms with Gasteiger partial charge in [0.1, 0.15) is 5.54 Å². The minimum Gasteiger partial charge on any atom is -0.326 e. The van der Waals surface area contributed by atoms with Crippen molar-refractivity contribution in [3.8, 4) is 6.07 Å². The molecule has 0 bridgehead atoms. The van der Waals surface area contributed by atoms with E-state index in [0.717, 1.165) is 32.1 Å². The van der Waals surface area contributed by atoms with Crippen LogP contribution in [0.25, 0.3) is 0 Å². The van der Waals surface area contributed by atoms with Gasteiger partial charge in [-0.25, -0.2) is 8.42 Å². The summed E-state index contributed by atoms with van der Waals surface area (Å²) in [5, 5.41) is 9.75.